The summed E-state index contributed by atoms with van der Waals surface area (Å²) in [4.78, 5) is 0. The average molecular weight is 222 g/mol. The fraction of sp³-hybridized carbons (Fsp3) is 0.294. The van der Waals surface area contributed by atoms with Gasteiger partial charge in [0, 0.05) is 0 Å². The quantitative estimate of drug-likeness (QED) is 0.698. The summed E-state index contributed by atoms with van der Waals surface area (Å²) in [6, 6.07) is 17.9. The van der Waals surface area contributed by atoms with Crippen molar-refractivity contribution in [1.29, 1.82) is 0 Å². The minimum atomic E-state index is 0.747. The topological polar surface area (TPSA) is 0 Å². The Morgan fingerprint density at radius 1 is 0.765 bits per heavy atom. The number of rotatable bonds is 2. The Bertz CT molecular complexity index is 490. The van der Waals surface area contributed by atoms with E-state index in [1.807, 2.05) is 0 Å². The molecule has 0 spiro atoms. The van der Waals surface area contributed by atoms with Crippen LogP contribution in [0.15, 0.2) is 48.5 Å². The normalized spacial score (nSPS) is 22.5. The lowest BCUT2D eigenvalue weighted by Crippen LogP contribution is -1.86. The van der Waals surface area contributed by atoms with Crippen LogP contribution in [-0.2, 0) is 0 Å². The van der Waals surface area contributed by atoms with Crippen LogP contribution in [0.4, 0.5) is 0 Å². The van der Waals surface area contributed by atoms with E-state index in [1.165, 1.54) is 28.7 Å². The molecule has 1 aliphatic carbocycles. The van der Waals surface area contributed by atoms with Gasteiger partial charge < -0.3 is 0 Å². The van der Waals surface area contributed by atoms with Gasteiger partial charge in [-0.3, -0.25) is 0 Å². The Balaban J connectivity index is 1.83. The molecule has 0 nitrogen and oxygen atoms in total. The van der Waals surface area contributed by atoms with E-state index in [2.05, 4.69) is 62.4 Å². The molecule has 2 unspecified atom stereocenters. The Morgan fingerprint density at radius 3 is 1.65 bits per heavy atom. The van der Waals surface area contributed by atoms with Crippen molar-refractivity contribution in [3.63, 3.8) is 0 Å². The summed E-state index contributed by atoms with van der Waals surface area (Å²) in [7, 11) is 0. The summed E-state index contributed by atoms with van der Waals surface area (Å²) in [6.45, 7) is 4.35. The highest BCUT2D eigenvalue weighted by Crippen LogP contribution is 2.54. The van der Waals surface area contributed by atoms with Gasteiger partial charge in [-0.25, -0.2) is 0 Å². The van der Waals surface area contributed by atoms with Crippen LogP contribution in [0.1, 0.15) is 40.5 Å². The lowest BCUT2D eigenvalue weighted by molar-refractivity contribution is 1.02. The number of hydrogen-bond donors (Lipinski definition) is 0. The van der Waals surface area contributed by atoms with Gasteiger partial charge in [0.25, 0.3) is 0 Å². The minimum Gasteiger partial charge on any atom is -0.0617 e. The molecule has 1 saturated carbocycles. The van der Waals surface area contributed by atoms with Crippen LogP contribution >= 0.6 is 0 Å². The van der Waals surface area contributed by atoms with Gasteiger partial charge in [-0.15, -0.1) is 0 Å². The minimum absolute atomic E-state index is 0.747. The summed E-state index contributed by atoms with van der Waals surface area (Å²) in [6.07, 6.45) is 1.31. The fourth-order valence-electron chi connectivity index (χ4n) is 2.73. The molecule has 1 fully saturated rings. The standard InChI is InChI=1S/C17H18/c1-12-5-3-7-14(9-12)16-11-17(16)15-8-4-6-13(2)10-15/h3-10,16-17H,11H2,1-2H3. The molecule has 86 valence electrons. The molecule has 0 saturated heterocycles. The second-order valence-corrected chi connectivity index (χ2v) is 5.28. The Kier molecular flexibility index (Phi) is 2.51. The van der Waals surface area contributed by atoms with Crippen molar-refractivity contribution in [2.75, 3.05) is 0 Å². The average Bonchev–Trinajstić information content (AvgIpc) is 3.09. The third-order valence-electron chi connectivity index (χ3n) is 3.73. The summed E-state index contributed by atoms with van der Waals surface area (Å²) in [5.74, 6) is 1.49. The second kappa shape index (κ2) is 4.03. The zero-order chi connectivity index (χ0) is 11.8. The predicted molar refractivity (Wildman–Crippen MR) is 72.5 cm³/mol. The Morgan fingerprint density at radius 2 is 1.24 bits per heavy atom. The molecule has 17 heavy (non-hydrogen) atoms. The van der Waals surface area contributed by atoms with Crippen molar-refractivity contribution >= 4 is 0 Å². The number of hydrogen-bond acceptors (Lipinski definition) is 0. The molecule has 0 aromatic heterocycles. The first kappa shape index (κ1) is 10.6. The van der Waals surface area contributed by atoms with E-state index in [-0.39, 0.29) is 0 Å². The van der Waals surface area contributed by atoms with Gasteiger partial charge in [0.1, 0.15) is 0 Å². The van der Waals surface area contributed by atoms with Gasteiger partial charge in [0.2, 0.25) is 0 Å². The maximum absolute atomic E-state index is 2.33. The SMILES string of the molecule is Cc1cccc(C2CC2c2cccc(C)c2)c1. The van der Waals surface area contributed by atoms with Gasteiger partial charge >= 0.3 is 0 Å². The molecule has 0 N–H and O–H groups in total. The van der Waals surface area contributed by atoms with Crippen LogP contribution in [0, 0.1) is 13.8 Å². The van der Waals surface area contributed by atoms with Gasteiger partial charge in [0.05, 0.1) is 0 Å². The van der Waals surface area contributed by atoms with Crippen LogP contribution in [0.5, 0.6) is 0 Å². The third kappa shape index (κ3) is 2.12. The first-order valence-electron chi connectivity index (χ1n) is 6.37. The molecule has 0 bridgehead atoms. The lowest BCUT2D eigenvalue weighted by Gasteiger charge is -2.03. The molecule has 0 aliphatic heterocycles. The summed E-state index contributed by atoms with van der Waals surface area (Å²) >= 11 is 0. The molecule has 0 radical (unpaired) electrons. The maximum atomic E-state index is 2.33. The van der Waals surface area contributed by atoms with E-state index < -0.39 is 0 Å². The molecule has 0 heteroatoms. The van der Waals surface area contributed by atoms with E-state index in [9.17, 15) is 0 Å². The van der Waals surface area contributed by atoms with Crippen LogP contribution in [0.3, 0.4) is 0 Å². The number of benzene rings is 2. The van der Waals surface area contributed by atoms with Crippen molar-refractivity contribution in [3.8, 4) is 0 Å². The molecule has 2 aromatic carbocycles. The maximum Gasteiger partial charge on any atom is -0.00867 e. The van der Waals surface area contributed by atoms with Crippen molar-refractivity contribution in [2.24, 2.45) is 0 Å². The van der Waals surface area contributed by atoms with Crippen molar-refractivity contribution in [3.05, 3.63) is 70.8 Å². The molecule has 2 atom stereocenters. The van der Waals surface area contributed by atoms with Crippen molar-refractivity contribution in [2.45, 2.75) is 32.1 Å². The molecule has 0 heterocycles. The van der Waals surface area contributed by atoms with E-state index in [4.69, 9.17) is 0 Å². The van der Waals surface area contributed by atoms with E-state index in [0.717, 1.165) is 11.8 Å². The zero-order valence-corrected chi connectivity index (χ0v) is 10.5. The van der Waals surface area contributed by atoms with Gasteiger partial charge in [-0.2, -0.15) is 0 Å². The fourth-order valence-corrected chi connectivity index (χ4v) is 2.73. The summed E-state index contributed by atoms with van der Waals surface area (Å²) < 4.78 is 0. The smallest absolute Gasteiger partial charge is 0.00867 e. The number of aryl methyl sites for hydroxylation is 2. The first-order chi connectivity index (χ1) is 8.24. The van der Waals surface area contributed by atoms with E-state index in [0.29, 0.717) is 0 Å². The van der Waals surface area contributed by atoms with Crippen molar-refractivity contribution in [1.82, 2.24) is 0 Å². The van der Waals surface area contributed by atoms with Crippen LogP contribution < -0.4 is 0 Å². The van der Waals surface area contributed by atoms with Crippen LogP contribution in [-0.4, -0.2) is 0 Å². The highest BCUT2D eigenvalue weighted by Gasteiger charge is 2.39. The largest absolute Gasteiger partial charge is 0.0617 e. The molecule has 3 rings (SSSR count). The van der Waals surface area contributed by atoms with Crippen molar-refractivity contribution < 1.29 is 0 Å². The summed E-state index contributed by atoms with van der Waals surface area (Å²) in [5.41, 5.74) is 5.77. The monoisotopic (exact) mass is 222 g/mol. The molecular formula is C17H18. The van der Waals surface area contributed by atoms with Crippen LogP contribution in [0.2, 0.25) is 0 Å². The summed E-state index contributed by atoms with van der Waals surface area (Å²) in [5, 5.41) is 0. The molecule has 0 amide bonds. The first-order valence-corrected chi connectivity index (χ1v) is 6.37. The van der Waals surface area contributed by atoms with E-state index >= 15 is 0 Å². The third-order valence-corrected chi connectivity index (χ3v) is 3.73. The van der Waals surface area contributed by atoms with Gasteiger partial charge in [-0.05, 0) is 43.2 Å². The lowest BCUT2D eigenvalue weighted by atomic mass is 10.0. The molecule has 2 aromatic rings. The van der Waals surface area contributed by atoms with Gasteiger partial charge in [0.15, 0.2) is 0 Å². The highest BCUT2D eigenvalue weighted by molar-refractivity contribution is 5.38. The van der Waals surface area contributed by atoms with Gasteiger partial charge in [-0.1, -0.05) is 59.7 Å². The van der Waals surface area contributed by atoms with Crippen LogP contribution in [0.25, 0.3) is 0 Å². The zero-order valence-electron chi connectivity index (χ0n) is 10.5. The molecule has 1 aliphatic rings. The Hall–Kier alpha value is -1.56. The highest BCUT2D eigenvalue weighted by atomic mass is 14.4. The van der Waals surface area contributed by atoms with E-state index in [1.54, 1.807) is 0 Å². The predicted octanol–water partition coefficient (Wildman–Crippen LogP) is 4.57. The molecular weight excluding hydrogens is 204 g/mol. The Labute approximate surface area is 103 Å². The second-order valence-electron chi connectivity index (χ2n) is 5.28.